The summed E-state index contributed by atoms with van der Waals surface area (Å²) in [5.74, 6) is -11.5. The van der Waals surface area contributed by atoms with Gasteiger partial charge in [-0.2, -0.15) is 0 Å². The topological polar surface area (TPSA) is 342 Å². The predicted molar refractivity (Wildman–Crippen MR) is 293 cm³/mol. The Bertz CT molecular complexity index is 3430. The van der Waals surface area contributed by atoms with Gasteiger partial charge < -0.3 is 75.6 Å². The first-order valence-corrected chi connectivity index (χ1v) is 27.3. The third-order valence-corrected chi connectivity index (χ3v) is 16.6. The van der Waals surface area contributed by atoms with Crippen molar-refractivity contribution in [3.8, 4) is 11.5 Å². The van der Waals surface area contributed by atoms with Gasteiger partial charge >= 0.3 is 23.8 Å². The van der Waals surface area contributed by atoms with Crippen molar-refractivity contribution in [1.29, 1.82) is 0 Å². The molecule has 3 fully saturated rings. The number of aromatic hydroxyl groups is 1. The number of phenols is 1. The Morgan fingerprint density at radius 3 is 2.19 bits per heavy atom. The number of allylic oxidation sites excluding steroid dienone is 4. The average Bonchev–Trinajstić information content (AvgIpc) is 2.31. The average molecular weight is 1150 g/mol. The second-order valence-electron chi connectivity index (χ2n) is 22.2. The molecular weight excluding hydrogens is 1090 g/mol. The summed E-state index contributed by atoms with van der Waals surface area (Å²) in [5.41, 5.74) is 10.8. The van der Waals surface area contributed by atoms with E-state index in [2.05, 4.69) is 5.32 Å². The summed E-state index contributed by atoms with van der Waals surface area (Å²) < 4.78 is 46.5. The van der Waals surface area contributed by atoms with Gasteiger partial charge in [-0.1, -0.05) is 32.1 Å². The van der Waals surface area contributed by atoms with Crippen molar-refractivity contribution in [1.82, 2.24) is 19.5 Å². The molecule has 2 aliphatic carbocycles. The van der Waals surface area contributed by atoms with Gasteiger partial charge in [-0.3, -0.25) is 33.2 Å². The summed E-state index contributed by atoms with van der Waals surface area (Å²) in [5, 5.41) is 46.8. The lowest BCUT2D eigenvalue weighted by molar-refractivity contribution is -0.155. The molecule has 7 heterocycles. The van der Waals surface area contributed by atoms with Gasteiger partial charge in [-0.15, -0.1) is 0 Å². The number of halogens is 1. The number of carboxylic acid groups (broad SMARTS) is 1. The van der Waals surface area contributed by atoms with Crippen LogP contribution in [0.3, 0.4) is 0 Å². The molecule has 2 saturated heterocycles. The molecule has 2 amide bonds. The molecule has 3 aromatic rings. The Balaban J connectivity index is 1.00. The largest absolute Gasteiger partial charge is 0.507 e. The van der Waals surface area contributed by atoms with Crippen LogP contribution in [0.5, 0.6) is 11.5 Å². The third kappa shape index (κ3) is 10.9. The van der Waals surface area contributed by atoms with E-state index in [1.807, 2.05) is 0 Å². The smallest absolute Gasteiger partial charge is 0.410 e. The first-order valence-electron chi connectivity index (χ1n) is 27.3. The number of methoxy groups -OCH3 is 1. The van der Waals surface area contributed by atoms with Gasteiger partial charge in [0.1, 0.15) is 40.7 Å². The molecule has 0 unspecified atom stereocenters. The zero-order valence-electron chi connectivity index (χ0n) is 47.1. The minimum atomic E-state index is -2.24. The van der Waals surface area contributed by atoms with E-state index in [1.165, 1.54) is 68.1 Å². The van der Waals surface area contributed by atoms with Crippen molar-refractivity contribution in [3.05, 3.63) is 115 Å². The van der Waals surface area contributed by atoms with Crippen LogP contribution in [0.15, 0.2) is 64.6 Å². The summed E-state index contributed by atoms with van der Waals surface area (Å²) in [6, 6.07) is -1.40. The summed E-state index contributed by atoms with van der Waals surface area (Å²) in [4.78, 5) is 115. The lowest BCUT2D eigenvalue weighted by Gasteiger charge is -2.38. The minimum absolute atomic E-state index is 0.00385. The second kappa shape index (κ2) is 23.0. The van der Waals surface area contributed by atoms with Gasteiger partial charge in [0.2, 0.25) is 11.6 Å². The number of nitrogens with one attached hydrogen (secondary N) is 1. The van der Waals surface area contributed by atoms with Crippen molar-refractivity contribution in [2.45, 2.75) is 122 Å². The number of phenolic OH excluding ortho intramolecular Hbond substituents is 1. The van der Waals surface area contributed by atoms with E-state index in [0.29, 0.717) is 23.1 Å². The lowest BCUT2D eigenvalue weighted by Crippen LogP contribution is -2.60. The Kier molecular flexibility index (Phi) is 16.5. The summed E-state index contributed by atoms with van der Waals surface area (Å²) in [7, 11) is 1.33. The molecule has 7 aliphatic rings. The van der Waals surface area contributed by atoms with E-state index in [9.17, 15) is 54.0 Å². The summed E-state index contributed by atoms with van der Waals surface area (Å²) in [6.07, 6.45) is 2.79. The van der Waals surface area contributed by atoms with E-state index in [1.54, 1.807) is 25.7 Å². The number of aromatic carboxylic acids is 1. The molecule has 1 saturated carbocycles. The molecule has 2 aromatic heterocycles. The van der Waals surface area contributed by atoms with Crippen LogP contribution >= 0.6 is 0 Å². The third-order valence-electron chi connectivity index (χ3n) is 16.6. The van der Waals surface area contributed by atoms with Gasteiger partial charge in [0, 0.05) is 83.1 Å². The SMILES string of the molecule is CO[C@H]1C=CO[C@@]2(C)Oc3c(C)c(O)c4c(c3C2=O)C(=O)C(N2CCN(C(=O)O[C@H]3CCN(c5c(F)cn6c(=O)c(C(=O)O)cc(C7CC7)c6c5C)C3)CC2)=C(NC(=O)/C(C)=C\C=C\[C@H](C)[C@H](O)[C@@H](N)[C@@H](O)[C@@H](N)[C@H](OC(C)=O)[C@@H]1C)C4=O. The summed E-state index contributed by atoms with van der Waals surface area (Å²) >= 11 is 0. The monoisotopic (exact) mass is 1150 g/mol. The summed E-state index contributed by atoms with van der Waals surface area (Å²) in [6.45, 7) is 9.99. The fourth-order valence-corrected chi connectivity index (χ4v) is 11.7. The number of rotatable bonds is 7. The van der Waals surface area contributed by atoms with Crippen molar-refractivity contribution in [3.63, 3.8) is 0 Å². The van der Waals surface area contributed by atoms with Crippen LogP contribution in [0, 0.1) is 31.5 Å². The van der Waals surface area contributed by atoms with E-state index in [-0.39, 0.29) is 73.5 Å². The number of carboxylic acids is 1. The normalized spacial score (nSPS) is 29.1. The maximum Gasteiger partial charge on any atom is 0.410 e. The van der Waals surface area contributed by atoms with Crippen LogP contribution < -0.4 is 32.0 Å². The van der Waals surface area contributed by atoms with E-state index in [4.69, 9.17) is 35.2 Å². The fourth-order valence-electron chi connectivity index (χ4n) is 11.7. The van der Waals surface area contributed by atoms with E-state index < -0.39 is 147 Å². The molecule has 9 N–H and O–H groups in total. The highest BCUT2D eigenvalue weighted by Gasteiger charge is 2.53. The highest BCUT2D eigenvalue weighted by Crippen LogP contribution is 2.49. The maximum atomic E-state index is 16.1. The Morgan fingerprint density at radius 1 is 0.867 bits per heavy atom. The van der Waals surface area contributed by atoms with Crippen LogP contribution in [0.2, 0.25) is 0 Å². The number of hydrogen-bond donors (Lipinski definition) is 7. The molecule has 5 bridgehead atoms. The standard InChI is InChI=1S/C58H68FN7O17/c1-25-10-9-11-26(2)54(74)62-42-45(63-17-19-64(20-18-63)57(78)82-32-14-16-65(23-32)44-28(4)43-33(31-12-13-31)22-34(56(76)77)55(75)66(43)24-35(44)59)49(71)37-38(48(42)70)47(69)29(5)51-39(37)53(73)58(7,83-51)80-21-15-36(79-8)27(3)52(81-30(6)67)41(61)50(72)40(60)46(25)68/h9-11,15,21-22,24-25,27,31-32,36,40-41,46,50,52,68-69,72H,12-14,16-20,23,60-61H2,1-8H3,(H,62,74)(H,76,77)/b10-9+,21-15?,26-11-/t25-,27+,32-,36-,40+,41+,46-,50+,52+,58-/m0/s1. The number of hydrogen-bond acceptors (Lipinski definition) is 20. The zero-order valence-corrected chi connectivity index (χ0v) is 47.1. The molecule has 10 atom stereocenters. The van der Waals surface area contributed by atoms with E-state index >= 15 is 9.18 Å². The molecule has 24 nitrogen and oxygen atoms in total. The number of carbonyl (C=O) groups is 7. The number of esters is 1. The number of ketones is 3. The lowest BCUT2D eigenvalue weighted by atomic mass is 9.82. The molecule has 83 heavy (non-hydrogen) atoms. The molecule has 444 valence electrons. The number of nitrogens with zero attached hydrogens (tertiary/aromatic N) is 4. The first kappa shape index (κ1) is 59.6. The zero-order chi connectivity index (χ0) is 60.4. The molecule has 10 rings (SSSR count). The molecule has 0 spiro atoms. The van der Waals surface area contributed by atoms with Gasteiger partial charge in [0.25, 0.3) is 17.2 Å². The van der Waals surface area contributed by atoms with Crippen LogP contribution in [0.1, 0.15) is 118 Å². The number of pyridine rings is 2. The second-order valence-corrected chi connectivity index (χ2v) is 22.2. The van der Waals surface area contributed by atoms with Crippen LogP contribution in [-0.4, -0.2) is 171 Å². The van der Waals surface area contributed by atoms with Crippen molar-refractivity contribution >= 4 is 52.5 Å². The van der Waals surface area contributed by atoms with Crippen LogP contribution in [-0.2, 0) is 28.5 Å². The van der Waals surface area contributed by atoms with Crippen molar-refractivity contribution in [2.24, 2.45) is 23.3 Å². The first-order chi connectivity index (χ1) is 39.2. The maximum absolute atomic E-state index is 16.1. The number of aliphatic hydroxyl groups is 2. The molecule has 0 radical (unpaired) electrons. The van der Waals surface area contributed by atoms with Crippen LogP contribution in [0.4, 0.5) is 14.9 Å². The van der Waals surface area contributed by atoms with Gasteiger partial charge in [0.05, 0.1) is 77.3 Å². The molecule has 1 aromatic carbocycles. The highest BCUT2D eigenvalue weighted by molar-refractivity contribution is 6.32. The Hall–Kier alpha value is -7.97. The van der Waals surface area contributed by atoms with Gasteiger partial charge in [-0.25, -0.2) is 14.0 Å². The molecular formula is C58H68FN7O17. The number of aliphatic hydroxyl groups excluding tert-OH is 2. The number of amides is 2. The highest BCUT2D eigenvalue weighted by atomic mass is 19.1. The quantitative estimate of drug-likeness (QED) is 0.167. The number of nitrogens with two attached hydrogens (primary N) is 2. The van der Waals surface area contributed by atoms with Gasteiger partial charge in [-0.05, 0) is 62.8 Å². The number of piperazine rings is 1. The number of aromatic nitrogens is 1. The minimum Gasteiger partial charge on any atom is -0.507 e. The Morgan fingerprint density at radius 2 is 1.55 bits per heavy atom. The number of ether oxygens (including phenoxy) is 5. The van der Waals surface area contributed by atoms with Crippen LogP contribution in [0.25, 0.3) is 5.52 Å². The number of anilines is 1. The number of Topliss-reactive ketones (excluding diaryl/α,β-unsaturated/α-hetero) is 3. The number of fused-ring (bicyclic) bond motifs is 15. The van der Waals surface area contributed by atoms with Crippen molar-refractivity contribution in [2.75, 3.05) is 51.3 Å². The number of benzene rings is 1. The number of aryl methyl sites for hydroxylation is 1. The van der Waals surface area contributed by atoms with Gasteiger partial charge in [0.15, 0.2) is 5.82 Å². The molecule has 25 heteroatoms. The number of carbonyl (C=O) groups excluding carboxylic acids is 6. The fraction of sp³-hybridized carbons (Fsp3) is 0.483. The molecule has 5 aliphatic heterocycles. The van der Waals surface area contributed by atoms with E-state index in [0.717, 1.165) is 36.6 Å². The Labute approximate surface area is 475 Å². The van der Waals surface area contributed by atoms with Crippen molar-refractivity contribution < 1.29 is 82.1 Å². The predicted octanol–water partition coefficient (Wildman–Crippen LogP) is 3.01.